The van der Waals surface area contributed by atoms with Gasteiger partial charge in [-0.15, -0.1) is 0 Å². The first-order valence-corrected chi connectivity index (χ1v) is 16.6. The molecule has 0 fully saturated rings. The van der Waals surface area contributed by atoms with Crippen LogP contribution in [-0.2, 0) is 33.0 Å². The number of nitrogens with two attached hydrogens (primary N) is 1. The zero-order valence-corrected chi connectivity index (χ0v) is 14.4. The summed E-state index contributed by atoms with van der Waals surface area (Å²) in [6.07, 6.45) is 0. The maximum absolute atomic E-state index is 11.1. The van der Waals surface area contributed by atoms with Crippen molar-refractivity contribution in [2.75, 3.05) is 13.1 Å². The van der Waals surface area contributed by atoms with Crippen LogP contribution in [0.1, 0.15) is 0 Å². The molecule has 0 saturated heterocycles. The van der Waals surface area contributed by atoms with E-state index in [1.165, 1.54) is 0 Å². The molecule has 0 amide bonds. The van der Waals surface area contributed by atoms with Crippen LogP contribution >= 0.6 is 0 Å². The van der Waals surface area contributed by atoms with E-state index in [9.17, 15) is 19.2 Å². The molecule has 0 atom stereocenters. The van der Waals surface area contributed by atoms with Gasteiger partial charge in [-0.2, -0.15) is 0 Å². The van der Waals surface area contributed by atoms with Gasteiger partial charge in [0.1, 0.15) is 0 Å². The predicted molar refractivity (Wildman–Crippen MR) is 66.8 cm³/mol. The normalized spacial score (nSPS) is 11.9. The molecule has 10 nitrogen and oxygen atoms in total. The fourth-order valence-corrected chi connectivity index (χ4v) is 19.4. The van der Waals surface area contributed by atoms with Crippen LogP contribution in [0.25, 0.3) is 0 Å². The Balaban J connectivity index is 6.04. The second-order valence-electron chi connectivity index (χ2n) is 6.48. The monoisotopic (exact) mass is 359 g/mol. The average molecular weight is 361 g/mol. The molecule has 0 spiro atoms. The minimum absolute atomic E-state index is 0.00404. The minimum atomic E-state index is -5.51. The van der Waals surface area contributed by atoms with Crippen molar-refractivity contribution in [2.45, 2.75) is 20.1 Å². The quantitative estimate of drug-likeness (QED) is 0.253. The molecule has 0 radical (unpaired) electrons. The molecule has 0 aromatic rings. The molecule has 7 N–H and O–H groups in total. The number of carbonyl (C=O) groups is 4. The third kappa shape index (κ3) is 6.15. The molecule has 0 aliphatic rings. The van der Waals surface area contributed by atoms with Gasteiger partial charge in [-0.25, -0.2) is 0 Å². The van der Waals surface area contributed by atoms with Gasteiger partial charge in [0, 0.05) is 0 Å². The van der Waals surface area contributed by atoms with E-state index in [1.807, 2.05) is 0 Å². The second-order valence-corrected chi connectivity index (χ2v) is 24.8. The fourth-order valence-electron chi connectivity index (χ4n) is 3.73. The molecule has 119 valence electrons. The van der Waals surface area contributed by atoms with Crippen molar-refractivity contribution >= 4 is 23.9 Å². The van der Waals surface area contributed by atoms with E-state index in [-0.39, 0.29) is 13.1 Å². The Kier molecular flexibility index (Phi) is 6.88. The second kappa shape index (κ2) is 7.44. The Morgan fingerprint density at radius 3 is 1.24 bits per heavy atom. The summed E-state index contributed by atoms with van der Waals surface area (Å²) < 4.78 is 2.69. The Hall–Kier alpha value is -1.58. The van der Waals surface area contributed by atoms with Crippen LogP contribution in [0.5, 0.6) is 0 Å². The number of rotatable bonds is 11. The van der Waals surface area contributed by atoms with Gasteiger partial charge in [-0.3, -0.25) is 0 Å². The van der Waals surface area contributed by atoms with Crippen LogP contribution in [0.3, 0.4) is 0 Å². The molecule has 11 heteroatoms. The van der Waals surface area contributed by atoms with Gasteiger partial charge >= 0.3 is 120 Å². The Morgan fingerprint density at radius 2 is 1.05 bits per heavy atom. The van der Waals surface area contributed by atoms with Gasteiger partial charge in [0.15, 0.2) is 0 Å². The first-order chi connectivity index (χ1) is 9.54. The summed E-state index contributed by atoms with van der Waals surface area (Å²) in [7, 11) is 0. The number of aliphatic carboxylic acids is 4. The van der Waals surface area contributed by atoms with E-state index in [1.54, 1.807) is 0 Å². The van der Waals surface area contributed by atoms with Crippen LogP contribution in [0.2, 0.25) is 20.1 Å². The molecule has 21 heavy (non-hydrogen) atoms. The van der Waals surface area contributed by atoms with Crippen molar-refractivity contribution in [3.8, 4) is 0 Å². The topological polar surface area (TPSA) is 187 Å². The number of carboxylic acids is 4. The van der Waals surface area contributed by atoms with Gasteiger partial charge in [0.05, 0.1) is 0 Å². The van der Waals surface area contributed by atoms with Gasteiger partial charge in [0.2, 0.25) is 0 Å². The molecule has 0 unspecified atom stereocenters. The maximum atomic E-state index is 11.1. The zero-order chi connectivity index (χ0) is 16.7. The standard InChI is InChI=1S/C2H7N2.4C2H3O2.Zn/c3-1-2-4;4*1-2(3)4;/h3H,1-2,4H2;4*1H2,(H,3,4);/q-1;;;;;+1. The molecule has 0 aliphatic carbocycles. The van der Waals surface area contributed by atoms with E-state index >= 15 is 0 Å². The molecule has 0 rings (SSSR count). The number of nitrogens with one attached hydrogen (secondary N) is 1. The number of carboxylic acid groups (broad SMARTS) is 4. The Labute approximate surface area is 120 Å². The van der Waals surface area contributed by atoms with Crippen LogP contribution in [0, 0.1) is 0 Å². The molecule has 0 heterocycles. The summed E-state index contributed by atoms with van der Waals surface area (Å²) in [5, 5.41) is 33.2. The SMILES string of the molecule is NCC[NH][Zn]([CH2]C(=O)O)([CH2]C(=O)O)([CH2]C(=O)O)[CH2]C(=O)O. The molecular weight excluding hydrogens is 342 g/mol. The third-order valence-corrected chi connectivity index (χ3v) is 22.8. The molecule has 0 saturated carbocycles. The summed E-state index contributed by atoms with van der Waals surface area (Å²) in [6, 6.07) is 0. The van der Waals surface area contributed by atoms with Gasteiger partial charge in [-0.1, -0.05) is 0 Å². The number of hydrogen-bond donors (Lipinski definition) is 6. The van der Waals surface area contributed by atoms with Crippen molar-refractivity contribution in [1.82, 2.24) is 4.06 Å². The zero-order valence-electron chi connectivity index (χ0n) is 11.4. The van der Waals surface area contributed by atoms with E-state index in [0.29, 0.717) is 0 Å². The van der Waals surface area contributed by atoms with Crippen molar-refractivity contribution in [1.29, 1.82) is 0 Å². The van der Waals surface area contributed by atoms with Crippen LogP contribution in [0.4, 0.5) is 0 Å². The summed E-state index contributed by atoms with van der Waals surface area (Å²) in [5.41, 5.74) is 5.30. The van der Waals surface area contributed by atoms with Crippen molar-refractivity contribution in [3.05, 3.63) is 0 Å². The summed E-state index contributed by atoms with van der Waals surface area (Å²) in [4.78, 5) is 44.5. The molecule has 0 aliphatic heterocycles. The van der Waals surface area contributed by atoms with Gasteiger partial charge in [0.25, 0.3) is 0 Å². The average Bonchev–Trinajstić information content (AvgIpc) is 2.21. The van der Waals surface area contributed by atoms with E-state index in [2.05, 4.69) is 4.06 Å². The Morgan fingerprint density at radius 1 is 0.762 bits per heavy atom. The first kappa shape index (κ1) is 19.4. The van der Waals surface area contributed by atoms with Crippen molar-refractivity contribution in [2.24, 2.45) is 5.73 Å². The van der Waals surface area contributed by atoms with E-state index in [4.69, 9.17) is 26.2 Å². The van der Waals surface area contributed by atoms with Crippen molar-refractivity contribution < 1.29 is 53.4 Å². The van der Waals surface area contributed by atoms with Crippen LogP contribution in [-0.4, -0.2) is 57.4 Å². The fraction of sp³-hybridized carbons (Fsp3) is 0.600. The van der Waals surface area contributed by atoms with E-state index in [0.717, 1.165) is 0 Å². The van der Waals surface area contributed by atoms with Gasteiger partial charge < -0.3 is 0 Å². The van der Waals surface area contributed by atoms with E-state index < -0.39 is 57.8 Å². The number of hydrogen-bond acceptors (Lipinski definition) is 6. The predicted octanol–water partition coefficient (Wildman–Crippen LogP) is -0.849. The van der Waals surface area contributed by atoms with Crippen molar-refractivity contribution in [3.63, 3.8) is 0 Å². The first-order valence-electron chi connectivity index (χ1n) is 6.74. The van der Waals surface area contributed by atoms with Crippen LogP contribution < -0.4 is 9.79 Å². The molecule has 0 aromatic carbocycles. The molecule has 0 bridgehead atoms. The summed E-state index contributed by atoms with van der Waals surface area (Å²) in [6.45, 7) is -0.0282. The summed E-state index contributed by atoms with van der Waals surface area (Å²) in [5.74, 6) is -5.68. The molecule has 0 aromatic heterocycles. The van der Waals surface area contributed by atoms with Gasteiger partial charge in [-0.05, 0) is 0 Å². The third-order valence-electron chi connectivity index (χ3n) is 4.51. The van der Waals surface area contributed by atoms with Crippen LogP contribution in [0.15, 0.2) is 0 Å². The summed E-state index contributed by atoms with van der Waals surface area (Å²) >= 11 is -5.51. The molecular formula is C10H19N2O8Zn. The Bertz CT molecular complexity index is 377.